The topological polar surface area (TPSA) is 187 Å². The van der Waals surface area contributed by atoms with Gasteiger partial charge < -0.3 is 30.7 Å². The fourth-order valence-corrected chi connectivity index (χ4v) is 9.37. The number of benzene rings is 1. The number of aromatic nitrogens is 1. The van der Waals surface area contributed by atoms with Crippen molar-refractivity contribution in [2.45, 2.75) is 136 Å². The summed E-state index contributed by atoms with van der Waals surface area (Å²) in [6.45, 7) is 12.7. The smallest absolute Gasteiger partial charge is 0.307 e. The van der Waals surface area contributed by atoms with Crippen molar-refractivity contribution in [3.8, 4) is 5.75 Å². The van der Waals surface area contributed by atoms with Gasteiger partial charge in [-0.2, -0.15) is 0 Å². The molecule has 1 fully saturated rings. The van der Waals surface area contributed by atoms with Gasteiger partial charge in [0.25, 0.3) is 5.91 Å². The summed E-state index contributed by atoms with van der Waals surface area (Å²) < 4.78 is 17.8. The maximum atomic E-state index is 14.6. The molecule has 2 heterocycles. The van der Waals surface area contributed by atoms with Gasteiger partial charge in [0.05, 0.1) is 11.0 Å². The van der Waals surface area contributed by atoms with Crippen LogP contribution < -0.4 is 16.0 Å². The van der Waals surface area contributed by atoms with Crippen LogP contribution in [-0.4, -0.2) is 123 Å². The Bertz CT molecular complexity index is 1760. The standard InChI is InChI=1S/C45H74N6O8S2/c1-10-15-40(53)59-29-51(45(57)41(31(5)11-2)49-44(56)38-16-12-13-24-50(38)7)37(30(3)4)21-22-39-48-36(28-60-39)43(55)47-34(27-33-17-19-35(52)20-18-33)26-32(6)42(54)46-23-14-25-61(8,9)58/h17-20,28,30-32,34,37-38,41,52,61H,10-16,21-27,29H2,1-9H3,(H,46,54)(H,47,55)(H,49,56)/t31-,32-,34+,37?,38+,41-/m0/s1. The molecule has 2 aromatic rings. The number of phenolic OH excluding ortho intramolecular Hbond substituents is 1. The maximum absolute atomic E-state index is 14.6. The van der Waals surface area contributed by atoms with Gasteiger partial charge >= 0.3 is 5.97 Å². The molecule has 6 atom stereocenters. The van der Waals surface area contributed by atoms with Crippen LogP contribution in [0.5, 0.6) is 5.75 Å². The number of phenols is 1. The third-order valence-corrected chi connectivity index (χ3v) is 13.9. The van der Waals surface area contributed by atoms with Crippen LogP contribution in [0.1, 0.15) is 120 Å². The fourth-order valence-electron chi connectivity index (χ4n) is 7.66. The number of piperidine rings is 1. The first-order valence-corrected chi connectivity index (χ1v) is 25.8. The van der Waals surface area contributed by atoms with Crippen molar-refractivity contribution in [3.05, 3.63) is 45.9 Å². The lowest BCUT2D eigenvalue weighted by Crippen LogP contribution is -2.59. The molecule has 1 aliphatic heterocycles. The van der Waals surface area contributed by atoms with Crippen LogP contribution in [0.2, 0.25) is 0 Å². The van der Waals surface area contributed by atoms with Crippen molar-refractivity contribution in [1.82, 2.24) is 30.7 Å². The first-order chi connectivity index (χ1) is 28.8. The lowest BCUT2D eigenvalue weighted by atomic mass is 9.93. The molecule has 0 spiro atoms. The van der Waals surface area contributed by atoms with Crippen molar-refractivity contribution in [3.63, 3.8) is 0 Å². The highest BCUT2D eigenvalue weighted by Gasteiger charge is 2.37. The number of nitrogens with zero attached hydrogens (tertiary/aromatic N) is 3. The zero-order valence-corrected chi connectivity index (χ0v) is 39.7. The average molecular weight is 891 g/mol. The van der Waals surface area contributed by atoms with Gasteiger partial charge in [0.15, 0.2) is 6.73 Å². The summed E-state index contributed by atoms with van der Waals surface area (Å²) in [6.07, 6.45) is 9.98. The zero-order chi connectivity index (χ0) is 45.3. The largest absolute Gasteiger partial charge is 0.508 e. The van der Waals surface area contributed by atoms with E-state index in [4.69, 9.17) is 9.72 Å². The molecule has 14 nitrogen and oxygen atoms in total. The normalized spacial score (nSPS) is 17.4. The minimum absolute atomic E-state index is 0.0471. The number of nitrogens with one attached hydrogen (secondary N) is 3. The molecule has 1 aromatic heterocycles. The zero-order valence-electron chi connectivity index (χ0n) is 38.0. The molecule has 0 saturated carbocycles. The lowest BCUT2D eigenvalue weighted by molar-refractivity contribution is -0.159. The summed E-state index contributed by atoms with van der Waals surface area (Å²) in [5, 5.41) is 21.4. The second-order valence-corrected chi connectivity index (χ2v) is 22.2. The average Bonchev–Trinajstić information content (AvgIpc) is 3.69. The van der Waals surface area contributed by atoms with Gasteiger partial charge in [-0.1, -0.05) is 66.5 Å². The van der Waals surface area contributed by atoms with E-state index >= 15 is 0 Å². The van der Waals surface area contributed by atoms with Gasteiger partial charge in [-0.05, 0) is 101 Å². The molecule has 0 aliphatic carbocycles. The van der Waals surface area contributed by atoms with Crippen LogP contribution in [-0.2, 0) is 46.7 Å². The third-order valence-electron chi connectivity index (χ3n) is 11.6. The fraction of sp³-hybridized carbons (Fsp3) is 0.689. The Morgan fingerprint density at radius 3 is 2.38 bits per heavy atom. The van der Waals surface area contributed by atoms with Gasteiger partial charge in [0.1, 0.15) is 17.5 Å². The number of likely N-dealkylation sites (N-methyl/N-ethyl adjacent to an activating group) is 1. The lowest BCUT2D eigenvalue weighted by Gasteiger charge is -2.39. The predicted octanol–water partition coefficient (Wildman–Crippen LogP) is 5.10. The Kier molecular flexibility index (Phi) is 21.3. The predicted molar refractivity (Wildman–Crippen MR) is 244 cm³/mol. The Morgan fingerprint density at radius 2 is 1.75 bits per heavy atom. The van der Waals surface area contributed by atoms with E-state index in [1.165, 1.54) is 11.3 Å². The quantitative estimate of drug-likeness (QED) is 0.0389. The van der Waals surface area contributed by atoms with E-state index in [0.717, 1.165) is 31.4 Å². The molecule has 4 N–H and O–H groups in total. The summed E-state index contributed by atoms with van der Waals surface area (Å²) in [4.78, 5) is 76.0. The summed E-state index contributed by atoms with van der Waals surface area (Å²) in [7, 11) is -0.238. The number of amides is 4. The summed E-state index contributed by atoms with van der Waals surface area (Å²) in [5.74, 6) is -1.35. The Balaban J connectivity index is 1.78. The van der Waals surface area contributed by atoms with E-state index < -0.39 is 33.9 Å². The van der Waals surface area contributed by atoms with E-state index in [1.807, 2.05) is 53.5 Å². The molecule has 0 bridgehead atoms. The SMILES string of the molecule is CCCC(=O)OCN(C(=O)[C@@H](NC(=O)[C@H]1CCCCN1C)[C@@H](C)CC)C(CCc1nc(C(=O)N[C@@H](Cc2ccc(O)cc2)C[C@H](C)C(=O)NCCC[SH](C)(C)=O)cs1)C(C)C. The number of ether oxygens (including phenoxy) is 1. The summed E-state index contributed by atoms with van der Waals surface area (Å²) >= 11 is 1.35. The molecule has 1 saturated heterocycles. The number of aromatic hydroxyl groups is 1. The van der Waals surface area contributed by atoms with Gasteiger partial charge in [0.2, 0.25) is 17.7 Å². The van der Waals surface area contributed by atoms with Gasteiger partial charge in [0, 0.05) is 48.5 Å². The molecule has 4 amide bonds. The first-order valence-electron chi connectivity index (χ1n) is 22.1. The van der Waals surface area contributed by atoms with Gasteiger partial charge in [-0.3, -0.25) is 33.1 Å². The first kappa shape index (κ1) is 51.5. The number of hydrogen-bond acceptors (Lipinski definition) is 11. The van der Waals surface area contributed by atoms with E-state index in [9.17, 15) is 33.3 Å². The highest BCUT2D eigenvalue weighted by atomic mass is 32.2. The monoisotopic (exact) mass is 891 g/mol. The highest BCUT2D eigenvalue weighted by molar-refractivity contribution is 8.01. The van der Waals surface area contributed by atoms with Crippen molar-refractivity contribution < 1.29 is 38.0 Å². The molecule has 16 heteroatoms. The second-order valence-electron chi connectivity index (χ2n) is 17.7. The summed E-state index contributed by atoms with van der Waals surface area (Å²) in [6, 6.07) is 4.82. The molecule has 61 heavy (non-hydrogen) atoms. The van der Waals surface area contributed by atoms with E-state index in [0.29, 0.717) is 62.3 Å². The van der Waals surface area contributed by atoms with Crippen molar-refractivity contribution in [2.75, 3.05) is 45.1 Å². The van der Waals surface area contributed by atoms with Crippen molar-refractivity contribution >= 4 is 50.9 Å². The molecule has 1 aromatic carbocycles. The molecule has 3 rings (SSSR count). The number of aryl methyl sites for hydroxylation is 1. The number of thiol groups is 1. The number of hydrogen-bond donors (Lipinski definition) is 5. The Hall–Kier alpha value is -3.89. The van der Waals surface area contributed by atoms with E-state index in [-0.39, 0.29) is 72.1 Å². The van der Waals surface area contributed by atoms with Crippen molar-refractivity contribution in [1.29, 1.82) is 0 Å². The van der Waals surface area contributed by atoms with E-state index in [2.05, 4.69) is 16.0 Å². The van der Waals surface area contributed by atoms with Gasteiger partial charge in [-0.25, -0.2) is 4.98 Å². The number of rotatable bonds is 25. The van der Waals surface area contributed by atoms with Crippen LogP contribution in [0.25, 0.3) is 0 Å². The van der Waals surface area contributed by atoms with Crippen molar-refractivity contribution in [2.24, 2.45) is 17.8 Å². The molecule has 344 valence electrons. The molecular formula is C45H74N6O8S2. The molecular weight excluding hydrogens is 817 g/mol. The van der Waals surface area contributed by atoms with Gasteiger partial charge in [-0.15, -0.1) is 21.3 Å². The van der Waals surface area contributed by atoms with E-state index in [1.54, 1.807) is 47.1 Å². The highest BCUT2D eigenvalue weighted by Crippen LogP contribution is 2.24. The number of likely N-dealkylation sites (tertiary alicyclic amines) is 1. The minimum atomic E-state index is -2.18. The second kappa shape index (κ2) is 25.3. The maximum Gasteiger partial charge on any atom is 0.307 e. The van der Waals surface area contributed by atoms with Crippen LogP contribution >= 0.6 is 11.3 Å². The number of thiazole rings is 1. The van der Waals surface area contributed by atoms with Crippen LogP contribution in [0.4, 0.5) is 0 Å². The van der Waals surface area contributed by atoms with Crippen LogP contribution in [0, 0.1) is 17.8 Å². The minimum Gasteiger partial charge on any atom is -0.508 e. The molecule has 0 radical (unpaired) electrons. The molecule has 1 aliphatic rings. The number of esters is 1. The Labute approximate surface area is 369 Å². The Morgan fingerprint density at radius 1 is 1.05 bits per heavy atom. The number of carbonyl (C=O) groups excluding carboxylic acids is 5. The molecule has 1 unspecified atom stereocenters. The third kappa shape index (κ3) is 17.4. The van der Waals surface area contributed by atoms with Crippen LogP contribution in [0.15, 0.2) is 29.6 Å². The number of carbonyl (C=O) groups is 5. The summed E-state index contributed by atoms with van der Waals surface area (Å²) in [5.41, 5.74) is 1.12. The van der Waals surface area contributed by atoms with Crippen LogP contribution in [0.3, 0.4) is 0 Å².